The first-order valence-corrected chi connectivity index (χ1v) is 4.82. The first-order chi connectivity index (χ1) is 6.31. The van der Waals surface area contributed by atoms with Crippen LogP contribution in [0, 0.1) is 5.92 Å². The topological polar surface area (TPSA) is 49.8 Å². The molecule has 1 atom stereocenters. The fraction of sp³-hybridized carbons (Fsp3) is 0.889. The summed E-state index contributed by atoms with van der Waals surface area (Å²) in [6, 6.07) is 0. The fourth-order valence-electron chi connectivity index (χ4n) is 1.84. The lowest BCUT2D eigenvalue weighted by Crippen LogP contribution is -2.54. The van der Waals surface area contributed by atoms with E-state index < -0.39 is 0 Å². The Morgan fingerprint density at radius 3 is 2.85 bits per heavy atom. The van der Waals surface area contributed by atoms with Crippen LogP contribution in [0.3, 0.4) is 0 Å². The summed E-state index contributed by atoms with van der Waals surface area (Å²) in [6.45, 7) is 2.31. The Hall–Kier alpha value is -0.610. The highest BCUT2D eigenvalue weighted by molar-refractivity contribution is 5.81. The summed E-state index contributed by atoms with van der Waals surface area (Å²) in [7, 11) is 0. The minimum absolute atomic E-state index is 0.113. The number of ether oxygens (including phenoxy) is 1. The van der Waals surface area contributed by atoms with Gasteiger partial charge >= 0.3 is 0 Å². The van der Waals surface area contributed by atoms with E-state index in [9.17, 15) is 4.79 Å². The molecule has 2 fully saturated rings. The van der Waals surface area contributed by atoms with Crippen LogP contribution in [0.25, 0.3) is 0 Å². The lowest BCUT2D eigenvalue weighted by atomic mass is 10.0. The molecule has 0 aliphatic carbocycles. The van der Waals surface area contributed by atoms with Gasteiger partial charge in [-0.05, 0) is 12.8 Å². The van der Waals surface area contributed by atoms with Crippen molar-refractivity contribution in [3.05, 3.63) is 0 Å². The van der Waals surface area contributed by atoms with Gasteiger partial charge in [0.15, 0.2) is 0 Å². The van der Waals surface area contributed by atoms with E-state index in [-0.39, 0.29) is 18.6 Å². The van der Waals surface area contributed by atoms with Crippen molar-refractivity contribution in [2.24, 2.45) is 5.92 Å². The maximum atomic E-state index is 11.6. The van der Waals surface area contributed by atoms with Crippen LogP contribution in [0.15, 0.2) is 0 Å². The summed E-state index contributed by atoms with van der Waals surface area (Å²) in [5, 5.41) is 8.78. The average molecular weight is 185 g/mol. The van der Waals surface area contributed by atoms with E-state index in [4.69, 9.17) is 9.84 Å². The Morgan fingerprint density at radius 1 is 1.54 bits per heavy atom. The number of aliphatic hydroxyl groups excluding tert-OH is 1. The minimum atomic E-state index is -0.195. The van der Waals surface area contributed by atoms with Crippen molar-refractivity contribution in [2.75, 3.05) is 26.3 Å². The molecule has 74 valence electrons. The number of aliphatic hydroxyl groups is 1. The second kappa shape index (κ2) is 3.64. The highest BCUT2D eigenvalue weighted by atomic mass is 16.5. The molecule has 13 heavy (non-hydrogen) atoms. The van der Waals surface area contributed by atoms with Crippen molar-refractivity contribution >= 4 is 5.91 Å². The Balaban J connectivity index is 1.78. The van der Waals surface area contributed by atoms with Gasteiger partial charge < -0.3 is 14.7 Å². The van der Waals surface area contributed by atoms with E-state index >= 15 is 0 Å². The number of rotatable bonds is 2. The largest absolute Gasteiger partial charge is 0.396 e. The Morgan fingerprint density at radius 2 is 2.31 bits per heavy atom. The van der Waals surface area contributed by atoms with Crippen molar-refractivity contribution in [2.45, 2.75) is 18.9 Å². The highest BCUT2D eigenvalue weighted by Gasteiger charge is 2.35. The van der Waals surface area contributed by atoms with Gasteiger partial charge in [0.25, 0.3) is 5.91 Å². The standard InChI is InChI=1S/C9H15NO3/c11-6-7-4-10(5-7)9(12)8-2-1-3-13-8/h7-8,11H,1-6H2/t8-/m1/s1. The Bertz CT molecular complexity index is 195. The van der Waals surface area contributed by atoms with Crippen molar-refractivity contribution in [3.8, 4) is 0 Å². The van der Waals surface area contributed by atoms with E-state index in [1.807, 2.05) is 0 Å². The van der Waals surface area contributed by atoms with E-state index in [0.29, 0.717) is 25.6 Å². The maximum absolute atomic E-state index is 11.6. The predicted molar refractivity (Wildman–Crippen MR) is 46.1 cm³/mol. The van der Waals surface area contributed by atoms with Crippen LogP contribution in [-0.4, -0.2) is 48.3 Å². The summed E-state index contributed by atoms with van der Waals surface area (Å²) < 4.78 is 5.29. The van der Waals surface area contributed by atoms with Gasteiger partial charge in [-0.25, -0.2) is 0 Å². The number of hydrogen-bond donors (Lipinski definition) is 1. The molecule has 4 heteroatoms. The summed E-state index contributed by atoms with van der Waals surface area (Å²) in [6.07, 6.45) is 1.66. The van der Waals surface area contributed by atoms with E-state index in [1.54, 1.807) is 4.90 Å². The SMILES string of the molecule is O=C([C@H]1CCCO1)N1CC(CO)C1. The van der Waals surface area contributed by atoms with Gasteiger partial charge in [-0.15, -0.1) is 0 Å². The molecule has 0 radical (unpaired) electrons. The van der Waals surface area contributed by atoms with E-state index in [2.05, 4.69) is 0 Å². The molecule has 2 saturated heterocycles. The van der Waals surface area contributed by atoms with E-state index in [1.165, 1.54) is 0 Å². The van der Waals surface area contributed by atoms with Crippen LogP contribution in [0.5, 0.6) is 0 Å². The van der Waals surface area contributed by atoms with Crippen molar-refractivity contribution in [1.82, 2.24) is 4.90 Å². The zero-order valence-corrected chi connectivity index (χ0v) is 7.61. The van der Waals surface area contributed by atoms with Crippen LogP contribution >= 0.6 is 0 Å². The van der Waals surface area contributed by atoms with E-state index in [0.717, 1.165) is 12.8 Å². The third-order valence-corrected chi connectivity index (χ3v) is 2.73. The molecule has 2 heterocycles. The molecule has 0 bridgehead atoms. The molecule has 2 rings (SSSR count). The molecular weight excluding hydrogens is 170 g/mol. The van der Waals surface area contributed by atoms with Gasteiger partial charge in [0.2, 0.25) is 0 Å². The molecule has 2 aliphatic rings. The normalized spacial score (nSPS) is 29.0. The average Bonchev–Trinajstić information content (AvgIpc) is 2.53. The van der Waals surface area contributed by atoms with Gasteiger partial charge in [0.05, 0.1) is 0 Å². The predicted octanol–water partition coefficient (Wildman–Crippen LogP) is -0.384. The summed E-state index contributed by atoms with van der Waals surface area (Å²) in [5.74, 6) is 0.410. The molecule has 0 unspecified atom stereocenters. The number of carbonyl (C=O) groups excluding carboxylic acids is 1. The van der Waals surface area contributed by atoms with Crippen molar-refractivity contribution < 1.29 is 14.6 Å². The zero-order chi connectivity index (χ0) is 9.26. The van der Waals surface area contributed by atoms with Crippen LogP contribution in [0.2, 0.25) is 0 Å². The fourth-order valence-corrected chi connectivity index (χ4v) is 1.84. The molecule has 0 spiro atoms. The summed E-state index contributed by atoms with van der Waals surface area (Å²) >= 11 is 0. The number of hydrogen-bond acceptors (Lipinski definition) is 3. The van der Waals surface area contributed by atoms with Gasteiger partial charge in [0.1, 0.15) is 6.10 Å². The van der Waals surface area contributed by atoms with Gasteiger partial charge in [-0.1, -0.05) is 0 Å². The molecule has 0 saturated carbocycles. The number of amides is 1. The molecular formula is C9H15NO3. The molecule has 0 aromatic rings. The van der Waals surface area contributed by atoms with Crippen LogP contribution in [-0.2, 0) is 9.53 Å². The lowest BCUT2D eigenvalue weighted by Gasteiger charge is -2.39. The molecule has 2 aliphatic heterocycles. The quantitative estimate of drug-likeness (QED) is 0.637. The second-order valence-electron chi connectivity index (χ2n) is 3.79. The Labute approximate surface area is 77.5 Å². The second-order valence-corrected chi connectivity index (χ2v) is 3.79. The van der Waals surface area contributed by atoms with Gasteiger partial charge in [0, 0.05) is 32.2 Å². The molecule has 0 aromatic heterocycles. The number of nitrogens with zero attached hydrogens (tertiary/aromatic N) is 1. The molecule has 4 nitrogen and oxygen atoms in total. The molecule has 1 amide bonds. The first kappa shape index (κ1) is 8.97. The van der Waals surface area contributed by atoms with Gasteiger partial charge in [-0.3, -0.25) is 4.79 Å². The molecule has 1 N–H and O–H groups in total. The van der Waals surface area contributed by atoms with Crippen LogP contribution < -0.4 is 0 Å². The number of likely N-dealkylation sites (tertiary alicyclic amines) is 1. The maximum Gasteiger partial charge on any atom is 0.251 e. The smallest absolute Gasteiger partial charge is 0.251 e. The third kappa shape index (κ3) is 1.69. The van der Waals surface area contributed by atoms with Crippen LogP contribution in [0.1, 0.15) is 12.8 Å². The highest BCUT2D eigenvalue weighted by Crippen LogP contribution is 2.20. The summed E-state index contributed by atoms with van der Waals surface area (Å²) in [4.78, 5) is 13.4. The summed E-state index contributed by atoms with van der Waals surface area (Å²) in [5.41, 5.74) is 0. The zero-order valence-electron chi connectivity index (χ0n) is 7.61. The number of carbonyl (C=O) groups is 1. The van der Waals surface area contributed by atoms with Crippen molar-refractivity contribution in [3.63, 3.8) is 0 Å². The first-order valence-electron chi connectivity index (χ1n) is 4.82. The monoisotopic (exact) mass is 185 g/mol. The third-order valence-electron chi connectivity index (χ3n) is 2.73. The molecule has 0 aromatic carbocycles. The minimum Gasteiger partial charge on any atom is -0.396 e. The Kier molecular flexibility index (Phi) is 2.51. The van der Waals surface area contributed by atoms with Crippen molar-refractivity contribution in [1.29, 1.82) is 0 Å². The van der Waals surface area contributed by atoms with Gasteiger partial charge in [-0.2, -0.15) is 0 Å². The van der Waals surface area contributed by atoms with Crippen LogP contribution in [0.4, 0.5) is 0 Å². The lowest BCUT2D eigenvalue weighted by molar-refractivity contribution is -0.148.